The number of benzene rings is 2. The number of amides is 3. The minimum atomic E-state index is -0.443. The van der Waals surface area contributed by atoms with Crippen molar-refractivity contribution < 1.29 is 14.4 Å². The lowest BCUT2D eigenvalue weighted by molar-refractivity contribution is -0.127. The summed E-state index contributed by atoms with van der Waals surface area (Å²) in [7, 11) is 0. The topological polar surface area (TPSA) is 66.5 Å². The number of hydrogen-bond donors (Lipinski definition) is 1. The van der Waals surface area contributed by atoms with Crippen molar-refractivity contribution in [3.8, 4) is 0 Å². The number of nitrogens with one attached hydrogen (secondary N) is 1. The largest absolute Gasteiger partial charge is 0.325 e. The van der Waals surface area contributed by atoms with Crippen LogP contribution in [0.4, 0.5) is 10.5 Å². The predicted molar refractivity (Wildman–Crippen MR) is 113 cm³/mol. The summed E-state index contributed by atoms with van der Waals surface area (Å²) in [5, 5.41) is 2.27. The fourth-order valence-corrected chi connectivity index (χ4v) is 3.58. The number of nitrogens with zero attached hydrogens (tertiary/aromatic N) is 1. The van der Waals surface area contributed by atoms with Gasteiger partial charge in [-0.3, -0.25) is 19.3 Å². The summed E-state index contributed by atoms with van der Waals surface area (Å²) in [6.07, 6.45) is 1.69. The molecule has 2 aromatic carbocycles. The zero-order valence-corrected chi connectivity index (χ0v) is 16.9. The maximum absolute atomic E-state index is 12.6. The van der Waals surface area contributed by atoms with Gasteiger partial charge in [0.15, 0.2) is 0 Å². The second-order valence-corrected chi connectivity index (χ2v) is 8.00. The number of carbonyl (C=O) groups excluding carboxylic acids is 3. The highest BCUT2D eigenvalue weighted by atomic mass is 32.2. The van der Waals surface area contributed by atoms with Crippen molar-refractivity contribution in [3.63, 3.8) is 0 Å². The van der Waals surface area contributed by atoms with Gasteiger partial charge in [0.25, 0.3) is 11.1 Å². The highest BCUT2D eigenvalue weighted by molar-refractivity contribution is 8.18. The van der Waals surface area contributed by atoms with Gasteiger partial charge >= 0.3 is 0 Å². The van der Waals surface area contributed by atoms with Gasteiger partial charge in [-0.1, -0.05) is 55.8 Å². The number of rotatable bonds is 5. The molecule has 5 nitrogen and oxygen atoms in total. The minimum absolute atomic E-state index is 0.303. The molecule has 6 heteroatoms. The van der Waals surface area contributed by atoms with Crippen molar-refractivity contribution in [3.05, 3.63) is 70.1 Å². The van der Waals surface area contributed by atoms with E-state index in [0.717, 1.165) is 27.8 Å². The van der Waals surface area contributed by atoms with E-state index in [4.69, 9.17) is 0 Å². The minimum Gasteiger partial charge on any atom is -0.325 e. The van der Waals surface area contributed by atoms with E-state index in [0.29, 0.717) is 16.5 Å². The first-order valence-corrected chi connectivity index (χ1v) is 9.87. The second-order valence-electron chi connectivity index (χ2n) is 7.00. The Morgan fingerprint density at radius 2 is 1.71 bits per heavy atom. The molecule has 28 heavy (non-hydrogen) atoms. The average Bonchev–Trinajstić information content (AvgIpc) is 2.91. The molecule has 0 aromatic heterocycles. The van der Waals surface area contributed by atoms with Gasteiger partial charge < -0.3 is 5.32 Å². The van der Waals surface area contributed by atoms with Crippen LogP contribution in [0, 0.1) is 6.92 Å². The Bertz CT molecular complexity index is 931. The Hall–Kier alpha value is -2.86. The third kappa shape index (κ3) is 4.70. The summed E-state index contributed by atoms with van der Waals surface area (Å²) in [6, 6.07) is 15.2. The van der Waals surface area contributed by atoms with E-state index >= 15 is 0 Å². The SMILES string of the molecule is Cc1ccc(NC(=O)CN2C(=O)SC(=Cc3ccc(C(C)C)cc3)C2=O)cc1. The Morgan fingerprint density at radius 3 is 2.32 bits per heavy atom. The molecule has 0 unspecified atom stereocenters. The van der Waals surface area contributed by atoms with Crippen LogP contribution in [0.15, 0.2) is 53.4 Å². The van der Waals surface area contributed by atoms with Crippen LogP contribution in [-0.2, 0) is 9.59 Å². The molecule has 1 aliphatic heterocycles. The van der Waals surface area contributed by atoms with Crippen molar-refractivity contribution >= 4 is 40.6 Å². The molecule has 1 N–H and O–H groups in total. The van der Waals surface area contributed by atoms with Crippen molar-refractivity contribution in [2.75, 3.05) is 11.9 Å². The molecule has 0 saturated carbocycles. The van der Waals surface area contributed by atoms with Gasteiger partial charge in [0, 0.05) is 5.69 Å². The van der Waals surface area contributed by atoms with Crippen LogP contribution in [0.1, 0.15) is 36.5 Å². The zero-order chi connectivity index (χ0) is 20.3. The van der Waals surface area contributed by atoms with Gasteiger partial charge in [-0.05, 0) is 53.9 Å². The third-order valence-corrected chi connectivity index (χ3v) is 5.32. The number of thioether (sulfide) groups is 1. The summed E-state index contributed by atoms with van der Waals surface area (Å²) in [5.74, 6) is -0.427. The van der Waals surface area contributed by atoms with E-state index in [2.05, 4.69) is 19.2 Å². The first-order chi connectivity index (χ1) is 13.3. The molecule has 144 valence electrons. The number of imide groups is 1. The fourth-order valence-electron chi connectivity index (χ4n) is 2.75. The van der Waals surface area contributed by atoms with Crippen LogP contribution in [0.25, 0.3) is 6.08 Å². The van der Waals surface area contributed by atoms with Crippen molar-refractivity contribution in [2.45, 2.75) is 26.7 Å². The molecule has 3 rings (SSSR count). The first kappa shape index (κ1) is 19.9. The number of hydrogen-bond acceptors (Lipinski definition) is 4. The van der Waals surface area contributed by atoms with Gasteiger partial charge in [0.2, 0.25) is 5.91 Å². The molecule has 3 amide bonds. The highest BCUT2D eigenvalue weighted by Crippen LogP contribution is 2.32. The lowest BCUT2D eigenvalue weighted by Gasteiger charge is -2.12. The Labute approximate surface area is 168 Å². The normalized spacial score (nSPS) is 15.6. The number of aryl methyl sites for hydroxylation is 1. The summed E-state index contributed by atoms with van der Waals surface area (Å²) in [4.78, 5) is 38.3. The molecule has 1 heterocycles. The van der Waals surface area contributed by atoms with Crippen molar-refractivity contribution in [1.82, 2.24) is 4.90 Å². The first-order valence-electron chi connectivity index (χ1n) is 9.05. The van der Waals surface area contributed by atoms with E-state index in [1.54, 1.807) is 18.2 Å². The van der Waals surface area contributed by atoms with Gasteiger partial charge in [0.05, 0.1) is 4.91 Å². The van der Waals surface area contributed by atoms with E-state index < -0.39 is 17.1 Å². The maximum atomic E-state index is 12.6. The average molecular weight is 394 g/mol. The van der Waals surface area contributed by atoms with E-state index in [9.17, 15) is 14.4 Å². The highest BCUT2D eigenvalue weighted by Gasteiger charge is 2.36. The lowest BCUT2D eigenvalue weighted by atomic mass is 10.0. The molecule has 0 aliphatic carbocycles. The number of anilines is 1. The van der Waals surface area contributed by atoms with Crippen LogP contribution in [0.5, 0.6) is 0 Å². The summed E-state index contributed by atoms with van der Waals surface area (Å²) < 4.78 is 0. The molecule has 0 bridgehead atoms. The van der Waals surface area contributed by atoms with Gasteiger partial charge in [0.1, 0.15) is 6.54 Å². The predicted octanol–water partition coefficient (Wildman–Crippen LogP) is 4.79. The molecule has 0 spiro atoms. The number of carbonyl (C=O) groups is 3. The molecule has 0 atom stereocenters. The zero-order valence-electron chi connectivity index (χ0n) is 16.1. The van der Waals surface area contributed by atoms with Crippen LogP contribution in [-0.4, -0.2) is 28.5 Å². The van der Waals surface area contributed by atoms with Gasteiger partial charge in [-0.25, -0.2) is 0 Å². The Kier molecular flexibility index (Phi) is 5.99. The second kappa shape index (κ2) is 8.44. The van der Waals surface area contributed by atoms with Gasteiger partial charge in [-0.15, -0.1) is 0 Å². The van der Waals surface area contributed by atoms with Gasteiger partial charge in [-0.2, -0.15) is 0 Å². The summed E-state index contributed by atoms with van der Waals surface area (Å²) in [5.41, 5.74) is 3.76. The fraction of sp³-hybridized carbons (Fsp3) is 0.227. The Morgan fingerprint density at radius 1 is 1.07 bits per heavy atom. The van der Waals surface area contributed by atoms with Crippen LogP contribution >= 0.6 is 11.8 Å². The standard InChI is InChI=1S/C22H22N2O3S/c1-14(2)17-8-6-16(7-9-17)12-19-21(26)24(22(27)28-19)13-20(25)23-18-10-4-15(3)5-11-18/h4-12,14H,13H2,1-3H3,(H,23,25). The lowest BCUT2D eigenvalue weighted by Crippen LogP contribution is -2.36. The molecule has 1 saturated heterocycles. The van der Waals surface area contributed by atoms with E-state index in [-0.39, 0.29) is 6.54 Å². The molecule has 2 aromatic rings. The van der Waals surface area contributed by atoms with E-state index in [1.165, 1.54) is 5.56 Å². The van der Waals surface area contributed by atoms with E-state index in [1.807, 2.05) is 43.3 Å². The summed E-state index contributed by atoms with van der Waals surface area (Å²) >= 11 is 0.856. The molecular weight excluding hydrogens is 372 g/mol. The quantitative estimate of drug-likeness (QED) is 0.740. The van der Waals surface area contributed by atoms with Crippen LogP contribution in [0.3, 0.4) is 0 Å². The van der Waals surface area contributed by atoms with Crippen LogP contribution in [0.2, 0.25) is 0 Å². The summed E-state index contributed by atoms with van der Waals surface area (Å²) in [6.45, 7) is 5.88. The van der Waals surface area contributed by atoms with Crippen molar-refractivity contribution in [2.24, 2.45) is 0 Å². The molecule has 1 fully saturated rings. The smallest absolute Gasteiger partial charge is 0.294 e. The van der Waals surface area contributed by atoms with Crippen molar-refractivity contribution in [1.29, 1.82) is 0 Å². The Balaban J connectivity index is 1.67. The third-order valence-electron chi connectivity index (χ3n) is 4.41. The molecule has 1 aliphatic rings. The molecular formula is C22H22N2O3S. The maximum Gasteiger partial charge on any atom is 0.294 e. The van der Waals surface area contributed by atoms with Crippen LogP contribution < -0.4 is 5.32 Å². The monoisotopic (exact) mass is 394 g/mol. The molecule has 0 radical (unpaired) electrons.